The summed E-state index contributed by atoms with van der Waals surface area (Å²) in [4.78, 5) is 23.1. The van der Waals surface area contributed by atoms with Gasteiger partial charge in [-0.25, -0.2) is 9.97 Å². The molecule has 1 aromatic carbocycles. The molecule has 5 rings (SSSR count). The number of ether oxygens (including phenoxy) is 2. The Morgan fingerprint density at radius 3 is 2.86 bits per heavy atom. The lowest BCUT2D eigenvalue weighted by atomic mass is 10.1. The van der Waals surface area contributed by atoms with Crippen LogP contribution >= 0.6 is 23.2 Å². The van der Waals surface area contributed by atoms with Crippen molar-refractivity contribution >= 4 is 46.4 Å². The number of morpholine rings is 1. The Morgan fingerprint density at radius 1 is 1.25 bits per heavy atom. The van der Waals surface area contributed by atoms with Crippen molar-refractivity contribution in [3.8, 4) is 11.3 Å². The van der Waals surface area contributed by atoms with Gasteiger partial charge in [0.25, 0.3) is 5.91 Å². The Bertz CT molecular complexity index is 1250. The molecule has 2 aliphatic rings. The molecule has 4 heterocycles. The number of benzene rings is 1. The normalized spacial score (nSPS) is 17.0. The number of aromatic nitrogens is 4. The molecule has 2 saturated heterocycles. The van der Waals surface area contributed by atoms with Crippen LogP contribution in [0.2, 0.25) is 10.2 Å². The van der Waals surface area contributed by atoms with Crippen molar-refractivity contribution in [1.82, 2.24) is 25.1 Å². The fourth-order valence-corrected chi connectivity index (χ4v) is 5.04. The number of carbonyl (C=O) groups excluding carboxylic acids is 1. The molecule has 1 amide bonds. The molecule has 0 bridgehead atoms. The summed E-state index contributed by atoms with van der Waals surface area (Å²) in [6, 6.07) is 5.91. The summed E-state index contributed by atoms with van der Waals surface area (Å²) in [6.45, 7) is 3.27. The van der Waals surface area contributed by atoms with E-state index in [1.807, 2.05) is 22.9 Å². The van der Waals surface area contributed by atoms with Crippen LogP contribution in [0.25, 0.3) is 11.3 Å². The maximum atomic E-state index is 12.4. The predicted octanol–water partition coefficient (Wildman–Crippen LogP) is 3.82. The Balaban J connectivity index is 1.40. The summed E-state index contributed by atoms with van der Waals surface area (Å²) < 4.78 is 12.5. The highest BCUT2D eigenvalue weighted by Crippen LogP contribution is 2.35. The van der Waals surface area contributed by atoms with E-state index in [-0.39, 0.29) is 18.6 Å². The number of halogens is 2. The van der Waals surface area contributed by atoms with Crippen LogP contribution in [0.4, 0.5) is 17.3 Å². The highest BCUT2D eigenvalue weighted by Gasteiger charge is 2.24. The molecule has 10 nitrogen and oxygen atoms in total. The third-order valence-electron chi connectivity index (χ3n) is 6.30. The van der Waals surface area contributed by atoms with Gasteiger partial charge >= 0.3 is 0 Å². The van der Waals surface area contributed by atoms with Crippen molar-refractivity contribution in [1.29, 1.82) is 0 Å². The fraction of sp³-hybridized carbons (Fsp3) is 0.417. The second-order valence-electron chi connectivity index (χ2n) is 8.66. The van der Waals surface area contributed by atoms with E-state index in [0.29, 0.717) is 47.1 Å². The topological polar surface area (TPSA) is 106 Å². The molecule has 0 radical (unpaired) electrons. The molecule has 0 atom stereocenters. The number of methoxy groups -OCH3 is 1. The van der Waals surface area contributed by atoms with Gasteiger partial charge in [-0.3, -0.25) is 9.48 Å². The van der Waals surface area contributed by atoms with Crippen LogP contribution in [-0.2, 0) is 20.9 Å². The molecule has 0 saturated carbocycles. The van der Waals surface area contributed by atoms with Crippen LogP contribution in [0.5, 0.6) is 0 Å². The zero-order valence-electron chi connectivity index (χ0n) is 19.8. The maximum absolute atomic E-state index is 12.4. The van der Waals surface area contributed by atoms with Crippen molar-refractivity contribution in [2.45, 2.75) is 25.5 Å². The minimum absolute atomic E-state index is 0.0740. The first-order chi connectivity index (χ1) is 17.5. The highest BCUT2D eigenvalue weighted by atomic mass is 35.5. The van der Waals surface area contributed by atoms with Gasteiger partial charge in [0.2, 0.25) is 5.95 Å². The van der Waals surface area contributed by atoms with E-state index in [9.17, 15) is 4.79 Å². The number of piperidine rings is 1. The maximum Gasteiger partial charge on any atom is 0.253 e. The number of nitrogens with zero attached hydrogens (tertiary/aromatic N) is 5. The average Bonchev–Trinajstić information content (AvgIpc) is 3.27. The van der Waals surface area contributed by atoms with Gasteiger partial charge in [0.05, 0.1) is 47.9 Å². The molecule has 36 heavy (non-hydrogen) atoms. The number of anilines is 3. The fourth-order valence-electron chi connectivity index (χ4n) is 4.53. The highest BCUT2D eigenvalue weighted by molar-refractivity contribution is 6.35. The third-order valence-corrected chi connectivity index (χ3v) is 6.95. The number of nitrogens with one attached hydrogen (secondary N) is 2. The van der Waals surface area contributed by atoms with Crippen molar-refractivity contribution in [3.63, 3.8) is 0 Å². The summed E-state index contributed by atoms with van der Waals surface area (Å²) in [6.07, 6.45) is 5.16. The van der Waals surface area contributed by atoms with Crippen molar-refractivity contribution in [2.75, 3.05) is 50.2 Å². The Kier molecular flexibility index (Phi) is 7.68. The first kappa shape index (κ1) is 24.9. The molecule has 2 fully saturated rings. The van der Waals surface area contributed by atoms with Crippen LogP contribution < -0.4 is 15.5 Å². The minimum atomic E-state index is -0.0769. The van der Waals surface area contributed by atoms with Gasteiger partial charge < -0.3 is 25.0 Å². The second-order valence-corrected chi connectivity index (χ2v) is 9.43. The second kappa shape index (κ2) is 11.1. The number of rotatable bonds is 7. The van der Waals surface area contributed by atoms with E-state index in [2.05, 4.69) is 25.7 Å². The molecule has 0 aliphatic carbocycles. The molecule has 0 unspecified atom stereocenters. The van der Waals surface area contributed by atoms with Gasteiger partial charge in [0, 0.05) is 30.6 Å². The SMILES string of the molecule is COCc1cc(Nc2ncc(Cl)c(-c3cnn(C4CCNCC4)c3Cl)n2)ccc1N1CCOCC1=O. The minimum Gasteiger partial charge on any atom is -0.380 e. The van der Waals surface area contributed by atoms with Gasteiger partial charge in [0.1, 0.15) is 11.8 Å². The molecular weight excluding hydrogens is 505 g/mol. The molecule has 3 aromatic rings. The number of hydrogen-bond donors (Lipinski definition) is 2. The third kappa shape index (κ3) is 5.18. The summed E-state index contributed by atoms with van der Waals surface area (Å²) >= 11 is 13.2. The summed E-state index contributed by atoms with van der Waals surface area (Å²) in [5.41, 5.74) is 3.57. The molecule has 12 heteroatoms. The smallest absolute Gasteiger partial charge is 0.253 e. The predicted molar refractivity (Wildman–Crippen MR) is 138 cm³/mol. The Hall–Kier alpha value is -2.76. The number of carbonyl (C=O) groups is 1. The summed E-state index contributed by atoms with van der Waals surface area (Å²) in [5.74, 6) is 0.283. The van der Waals surface area contributed by atoms with E-state index < -0.39 is 0 Å². The number of amides is 1. The standard InChI is InChI=1S/C24H27Cl2N7O3/c1-35-13-15-10-16(2-3-20(15)32-8-9-36-14-21(32)34)30-24-28-12-19(25)22(31-24)18-11-29-33(23(18)26)17-4-6-27-7-5-17/h2-3,10-12,17,27H,4-9,13-14H2,1H3,(H,28,30,31). The van der Waals surface area contributed by atoms with Gasteiger partial charge in [-0.05, 0) is 44.1 Å². The number of hydrogen-bond acceptors (Lipinski definition) is 8. The molecule has 190 valence electrons. The zero-order valence-corrected chi connectivity index (χ0v) is 21.3. The average molecular weight is 532 g/mol. The summed E-state index contributed by atoms with van der Waals surface area (Å²) in [5, 5.41) is 12.0. The van der Waals surface area contributed by atoms with Gasteiger partial charge in [-0.2, -0.15) is 5.10 Å². The molecule has 2 aromatic heterocycles. The van der Waals surface area contributed by atoms with Crippen molar-refractivity contribution in [2.24, 2.45) is 0 Å². The van der Waals surface area contributed by atoms with Crippen LogP contribution in [0, 0.1) is 0 Å². The molecule has 2 N–H and O–H groups in total. The Labute approximate surface area is 218 Å². The van der Waals surface area contributed by atoms with Crippen LogP contribution in [-0.4, -0.2) is 65.6 Å². The largest absolute Gasteiger partial charge is 0.380 e. The lowest BCUT2D eigenvalue weighted by Crippen LogP contribution is -2.42. The zero-order chi connectivity index (χ0) is 25.1. The van der Waals surface area contributed by atoms with Crippen LogP contribution in [0.1, 0.15) is 24.4 Å². The van der Waals surface area contributed by atoms with Crippen LogP contribution in [0.15, 0.2) is 30.6 Å². The van der Waals surface area contributed by atoms with E-state index in [4.69, 9.17) is 32.7 Å². The van der Waals surface area contributed by atoms with Gasteiger partial charge in [0.15, 0.2) is 0 Å². The first-order valence-electron chi connectivity index (χ1n) is 11.8. The first-order valence-corrected chi connectivity index (χ1v) is 12.5. The molecule has 2 aliphatic heterocycles. The van der Waals surface area contributed by atoms with Crippen LogP contribution in [0.3, 0.4) is 0 Å². The quantitative estimate of drug-likeness (QED) is 0.473. The monoisotopic (exact) mass is 531 g/mol. The van der Waals surface area contributed by atoms with E-state index in [1.54, 1.807) is 24.4 Å². The van der Waals surface area contributed by atoms with Crippen molar-refractivity contribution in [3.05, 3.63) is 46.3 Å². The van der Waals surface area contributed by atoms with Gasteiger partial charge in [-0.1, -0.05) is 23.2 Å². The lowest BCUT2D eigenvalue weighted by molar-refractivity contribution is -0.125. The summed E-state index contributed by atoms with van der Waals surface area (Å²) in [7, 11) is 1.62. The molecular formula is C24H27Cl2N7O3. The lowest BCUT2D eigenvalue weighted by Gasteiger charge is -2.29. The molecule has 0 spiro atoms. The van der Waals surface area contributed by atoms with E-state index in [1.165, 1.54) is 0 Å². The van der Waals surface area contributed by atoms with E-state index in [0.717, 1.165) is 42.9 Å². The van der Waals surface area contributed by atoms with Crippen molar-refractivity contribution < 1.29 is 14.3 Å². The van der Waals surface area contributed by atoms with E-state index >= 15 is 0 Å². The van der Waals surface area contributed by atoms with Gasteiger partial charge in [-0.15, -0.1) is 0 Å². The Morgan fingerprint density at radius 2 is 2.08 bits per heavy atom.